The highest BCUT2D eigenvalue weighted by molar-refractivity contribution is 7.99. The minimum Gasteiger partial charge on any atom is -0.493 e. The number of nitrogens with zero attached hydrogens (tertiary/aromatic N) is 3. The Kier molecular flexibility index (Phi) is 17.3. The number of amides is 1. The fraction of sp³-hybridized carbons (Fsp3) is 0.390. The number of hydrogen-bond acceptors (Lipinski definition) is 11. The number of non-ortho nitro benzene ring substituents is 1. The van der Waals surface area contributed by atoms with Crippen LogP contribution in [-0.2, 0) is 20.9 Å². The Morgan fingerprint density at radius 1 is 0.944 bits per heavy atom. The lowest BCUT2D eigenvalue weighted by molar-refractivity contribution is -0.384. The molecule has 2 aliphatic carbocycles. The number of oxime groups is 1. The predicted molar refractivity (Wildman–Crippen MR) is 285 cm³/mol. The average Bonchev–Trinajstić information content (AvgIpc) is 3.38. The lowest BCUT2D eigenvalue weighted by Gasteiger charge is -2.60. The molecule has 0 radical (unpaired) electrons. The number of unbranched alkanes of at least 4 members (excludes halogenated alkanes) is 2. The van der Waals surface area contributed by atoms with Crippen molar-refractivity contribution < 1.29 is 39.0 Å². The summed E-state index contributed by atoms with van der Waals surface area (Å²) in [4.78, 5) is 36.0. The van der Waals surface area contributed by atoms with Gasteiger partial charge in [0, 0.05) is 66.5 Å². The number of nitro benzene ring substituents is 1. The fourth-order valence-electron chi connectivity index (χ4n) is 10.7. The van der Waals surface area contributed by atoms with Gasteiger partial charge in [0.25, 0.3) is 5.69 Å². The number of aliphatic hydroxyl groups is 2. The molecule has 1 amide bonds. The lowest BCUT2D eigenvalue weighted by atomic mass is 9.55. The first-order chi connectivity index (χ1) is 34.9. The molecule has 0 saturated heterocycles. The second-order valence-corrected chi connectivity index (χ2v) is 20.9. The van der Waals surface area contributed by atoms with Crippen LogP contribution in [0.2, 0.25) is 0 Å². The normalized spacial score (nSPS) is 21.9. The van der Waals surface area contributed by atoms with Crippen molar-refractivity contribution in [3.05, 3.63) is 172 Å². The molecule has 5 aromatic carbocycles. The van der Waals surface area contributed by atoms with Crippen molar-refractivity contribution in [3.63, 3.8) is 0 Å². The van der Waals surface area contributed by atoms with Crippen molar-refractivity contribution in [3.8, 4) is 11.5 Å². The van der Waals surface area contributed by atoms with Crippen LogP contribution < -0.4 is 9.47 Å². The number of aliphatic hydroxyl groups excluding tert-OH is 2. The fourth-order valence-corrected chi connectivity index (χ4v) is 11.4. The van der Waals surface area contributed by atoms with Crippen LogP contribution in [0.15, 0.2) is 156 Å². The van der Waals surface area contributed by atoms with E-state index in [4.69, 9.17) is 24.2 Å². The SMILES string of the molecule is C=CCOC12Oc3ccc(OCCSc4ccccc4)cc3C3C(CCCCO)C(CCCCO)C=C(C(=NOC(C)(C)C)CC1N(Cc1cccc4ccccc14)C(=O)C=Cc1ccc([N+](=O)[O-])cc1)C32. The molecule has 6 unspecified atom stereocenters. The number of rotatable bonds is 23. The monoisotopic (exact) mass is 993 g/mol. The van der Waals surface area contributed by atoms with Crippen LogP contribution in [0.4, 0.5) is 5.69 Å². The Balaban J connectivity index is 1.32. The van der Waals surface area contributed by atoms with Gasteiger partial charge in [-0.05, 0) is 134 Å². The topological polar surface area (TPSA) is 153 Å². The number of hydrogen-bond donors (Lipinski definition) is 2. The molecule has 3 aliphatic rings. The van der Waals surface area contributed by atoms with Crippen molar-refractivity contribution in [1.82, 2.24) is 4.90 Å². The Hall–Kier alpha value is -6.25. The third-order valence-corrected chi connectivity index (χ3v) is 14.8. The van der Waals surface area contributed by atoms with Crippen molar-refractivity contribution in [2.45, 2.75) is 101 Å². The van der Waals surface area contributed by atoms with E-state index < -0.39 is 28.3 Å². The van der Waals surface area contributed by atoms with Gasteiger partial charge in [-0.3, -0.25) is 14.9 Å². The number of ether oxygens (including phenoxy) is 3. The van der Waals surface area contributed by atoms with E-state index in [1.807, 2.05) is 80.3 Å². The Bertz CT molecular complexity index is 2750. The number of benzene rings is 5. The van der Waals surface area contributed by atoms with E-state index in [9.17, 15) is 20.3 Å². The first kappa shape index (κ1) is 52.1. The van der Waals surface area contributed by atoms with Crippen LogP contribution in [0, 0.1) is 27.9 Å². The average molecular weight is 994 g/mol. The maximum Gasteiger partial charge on any atom is 0.269 e. The molecule has 6 atom stereocenters. The van der Waals surface area contributed by atoms with Gasteiger partial charge < -0.3 is 34.2 Å². The first-order valence-corrected chi connectivity index (χ1v) is 26.2. The van der Waals surface area contributed by atoms with Crippen molar-refractivity contribution in [1.29, 1.82) is 0 Å². The van der Waals surface area contributed by atoms with Gasteiger partial charge in [0.2, 0.25) is 11.7 Å². The van der Waals surface area contributed by atoms with E-state index >= 15 is 4.79 Å². The summed E-state index contributed by atoms with van der Waals surface area (Å²) in [5, 5.41) is 38.7. The van der Waals surface area contributed by atoms with Gasteiger partial charge in [-0.15, -0.1) is 18.3 Å². The second kappa shape index (κ2) is 24.0. The number of thioether (sulfide) groups is 1. The highest BCUT2D eigenvalue weighted by Crippen LogP contribution is 2.62. The second-order valence-electron chi connectivity index (χ2n) is 19.8. The number of carbonyl (C=O) groups excluding carboxylic acids is 1. The number of nitro groups is 1. The van der Waals surface area contributed by atoms with E-state index in [0.29, 0.717) is 42.2 Å². The van der Waals surface area contributed by atoms with Crippen molar-refractivity contribution >= 4 is 45.9 Å². The van der Waals surface area contributed by atoms with Gasteiger partial charge in [-0.25, -0.2) is 0 Å². The highest BCUT2D eigenvalue weighted by atomic mass is 32.2. The summed E-state index contributed by atoms with van der Waals surface area (Å²) in [6.45, 7) is 10.9. The van der Waals surface area contributed by atoms with Gasteiger partial charge in [0.1, 0.15) is 23.1 Å². The molecule has 1 heterocycles. The molecule has 2 N–H and O–H groups in total. The predicted octanol–water partition coefficient (Wildman–Crippen LogP) is 12.1. The van der Waals surface area contributed by atoms with Gasteiger partial charge in [-0.1, -0.05) is 90.8 Å². The molecule has 1 fully saturated rings. The molecule has 378 valence electrons. The lowest BCUT2D eigenvalue weighted by Crippen LogP contribution is -2.70. The largest absolute Gasteiger partial charge is 0.493 e. The highest BCUT2D eigenvalue weighted by Gasteiger charge is 2.65. The number of allylic oxidation sites excluding steroid dienone is 1. The van der Waals surface area contributed by atoms with Crippen molar-refractivity contribution in [2.75, 3.05) is 32.2 Å². The van der Waals surface area contributed by atoms with Crippen LogP contribution in [0.5, 0.6) is 11.5 Å². The van der Waals surface area contributed by atoms with Gasteiger partial charge in [-0.2, -0.15) is 0 Å². The molecule has 1 aliphatic heterocycles. The minimum absolute atomic E-state index is 0.0232. The molecule has 0 bridgehead atoms. The Labute approximate surface area is 427 Å². The van der Waals surface area contributed by atoms with E-state index in [1.54, 1.807) is 36.0 Å². The summed E-state index contributed by atoms with van der Waals surface area (Å²) in [6.07, 6.45) is 12.0. The smallest absolute Gasteiger partial charge is 0.269 e. The summed E-state index contributed by atoms with van der Waals surface area (Å²) >= 11 is 1.74. The maximum absolute atomic E-state index is 15.5. The van der Waals surface area contributed by atoms with E-state index in [2.05, 4.69) is 49.1 Å². The van der Waals surface area contributed by atoms with Crippen LogP contribution in [0.1, 0.15) is 88.3 Å². The van der Waals surface area contributed by atoms with Crippen LogP contribution >= 0.6 is 11.8 Å². The van der Waals surface area contributed by atoms with E-state index in [1.165, 1.54) is 23.1 Å². The van der Waals surface area contributed by atoms with Gasteiger partial charge in [0.15, 0.2) is 0 Å². The van der Waals surface area contributed by atoms with E-state index in [0.717, 1.165) is 58.9 Å². The molecular formula is C59H67N3O9S. The van der Waals surface area contributed by atoms with Gasteiger partial charge in [0.05, 0.1) is 29.8 Å². The standard InChI is InChI=1S/C59H67N3O9S/c1-5-34-69-59-54(61(40-44-19-15-18-42-16-9-10-22-48(42)44)55(65)31-26-41-24-27-45(28-25-41)62(66)67)39-52(60-71-58(2,3)4)50-37-43(17-11-13-32-63)49(23-12-14-33-64)56(57(50)59)51-38-46(29-30-53(51)70-59)68-35-36-72-47-20-7-6-8-21-47/h5-10,15-16,18-22,24-31,37-38,43,49,54,56-57,63-64H,1,11-14,17,23,32-36,39-40H2,2-4H3. The molecule has 1 saturated carbocycles. The molecular weight excluding hydrogens is 927 g/mol. The molecule has 72 heavy (non-hydrogen) atoms. The maximum atomic E-state index is 15.5. The molecule has 8 rings (SSSR count). The summed E-state index contributed by atoms with van der Waals surface area (Å²) < 4.78 is 21.4. The van der Waals surface area contributed by atoms with Crippen molar-refractivity contribution in [2.24, 2.45) is 22.9 Å². The van der Waals surface area contributed by atoms with Crippen LogP contribution in [-0.4, -0.2) is 81.3 Å². The van der Waals surface area contributed by atoms with Crippen LogP contribution in [0.25, 0.3) is 16.8 Å². The zero-order chi connectivity index (χ0) is 50.7. The summed E-state index contributed by atoms with van der Waals surface area (Å²) in [5.74, 6) is -0.420. The third-order valence-electron chi connectivity index (χ3n) is 13.8. The summed E-state index contributed by atoms with van der Waals surface area (Å²) in [7, 11) is 0. The van der Waals surface area contributed by atoms with Gasteiger partial charge >= 0.3 is 0 Å². The summed E-state index contributed by atoms with van der Waals surface area (Å²) in [5.41, 5.74) is 3.45. The minimum atomic E-state index is -1.50. The third kappa shape index (κ3) is 12.1. The number of carbonyl (C=O) groups is 1. The molecule has 0 spiro atoms. The molecule has 12 nitrogen and oxygen atoms in total. The zero-order valence-electron chi connectivity index (χ0n) is 41.6. The number of fused-ring (bicyclic) bond motifs is 3. The summed E-state index contributed by atoms with van der Waals surface area (Å²) in [6, 6.07) is 35.8. The molecule has 0 aromatic heterocycles. The molecule has 5 aromatic rings. The van der Waals surface area contributed by atoms with E-state index in [-0.39, 0.29) is 62.1 Å². The molecule has 13 heteroatoms. The Morgan fingerprint density at radius 2 is 1.68 bits per heavy atom. The van der Waals surface area contributed by atoms with Crippen LogP contribution in [0.3, 0.4) is 0 Å². The Morgan fingerprint density at radius 3 is 2.42 bits per heavy atom. The zero-order valence-corrected chi connectivity index (χ0v) is 42.4. The quantitative estimate of drug-likeness (QED) is 0.0161. The first-order valence-electron chi connectivity index (χ1n) is 25.2.